The number of carbonyl (C=O) groups excluding carboxylic acids is 1. The Hall–Kier alpha value is -1.63. The molecule has 2 aromatic rings. The number of urea groups is 1. The van der Waals surface area contributed by atoms with E-state index in [0.29, 0.717) is 37.5 Å². The number of carbonyl (C=O) groups is 1. The number of halogens is 1. The molecule has 1 aromatic heterocycles. The van der Waals surface area contributed by atoms with Crippen molar-refractivity contribution in [2.45, 2.75) is 25.4 Å². The molecule has 2 amide bonds. The lowest BCUT2D eigenvalue weighted by Crippen LogP contribution is -2.41. The molecule has 0 spiro atoms. The van der Waals surface area contributed by atoms with Crippen LogP contribution in [0.1, 0.15) is 19.0 Å². The maximum atomic E-state index is 12.1. The Morgan fingerprint density at radius 1 is 1.46 bits per heavy atom. The van der Waals surface area contributed by atoms with Gasteiger partial charge >= 0.3 is 6.03 Å². The Morgan fingerprint density at radius 2 is 2.21 bits per heavy atom. The van der Waals surface area contributed by atoms with Gasteiger partial charge in [-0.15, -0.1) is 11.3 Å². The van der Waals surface area contributed by atoms with Crippen LogP contribution >= 0.6 is 22.9 Å². The molecule has 5 nitrogen and oxygen atoms in total. The fourth-order valence-corrected chi connectivity index (χ4v) is 3.66. The van der Waals surface area contributed by atoms with Crippen molar-refractivity contribution in [3.8, 4) is 10.6 Å². The van der Waals surface area contributed by atoms with Gasteiger partial charge in [0.05, 0.1) is 17.8 Å². The third kappa shape index (κ3) is 4.26. The fourth-order valence-electron chi connectivity index (χ4n) is 2.67. The van der Waals surface area contributed by atoms with Crippen molar-refractivity contribution >= 4 is 29.0 Å². The largest absolute Gasteiger partial charge is 0.388 e. The minimum absolute atomic E-state index is 0.124. The highest BCUT2D eigenvalue weighted by atomic mass is 35.5. The number of thiazole rings is 1. The van der Waals surface area contributed by atoms with E-state index in [2.05, 4.69) is 10.3 Å². The van der Waals surface area contributed by atoms with Crippen molar-refractivity contribution < 1.29 is 9.90 Å². The van der Waals surface area contributed by atoms with Crippen molar-refractivity contribution in [1.29, 1.82) is 0 Å². The molecule has 2 N–H and O–H groups in total. The molecule has 128 valence electrons. The van der Waals surface area contributed by atoms with E-state index >= 15 is 0 Å². The predicted octanol–water partition coefficient (Wildman–Crippen LogP) is 3.17. The van der Waals surface area contributed by atoms with E-state index in [-0.39, 0.29) is 6.03 Å². The van der Waals surface area contributed by atoms with Crippen LogP contribution < -0.4 is 5.32 Å². The molecule has 2 heterocycles. The number of likely N-dealkylation sites (tertiary alicyclic amines) is 1. The Balaban J connectivity index is 1.49. The number of amides is 2. The number of benzene rings is 1. The zero-order chi connectivity index (χ0) is 17.2. The topological polar surface area (TPSA) is 65.5 Å². The molecule has 7 heteroatoms. The first-order chi connectivity index (χ1) is 11.4. The van der Waals surface area contributed by atoms with Crippen molar-refractivity contribution in [1.82, 2.24) is 15.2 Å². The molecule has 3 rings (SSSR count). The second-order valence-corrected chi connectivity index (χ2v) is 7.60. The summed E-state index contributed by atoms with van der Waals surface area (Å²) in [6, 6.07) is 7.48. The summed E-state index contributed by atoms with van der Waals surface area (Å²) >= 11 is 7.48. The molecule has 1 saturated heterocycles. The van der Waals surface area contributed by atoms with Crippen LogP contribution in [0.3, 0.4) is 0 Å². The summed E-state index contributed by atoms with van der Waals surface area (Å²) in [5.41, 5.74) is 1.23. The van der Waals surface area contributed by atoms with Crippen LogP contribution in [0.15, 0.2) is 29.6 Å². The minimum Gasteiger partial charge on any atom is -0.388 e. The van der Waals surface area contributed by atoms with E-state index in [0.717, 1.165) is 16.3 Å². The second kappa shape index (κ2) is 7.09. The van der Waals surface area contributed by atoms with Gasteiger partial charge in [0.2, 0.25) is 0 Å². The second-order valence-electron chi connectivity index (χ2n) is 6.30. The summed E-state index contributed by atoms with van der Waals surface area (Å²) in [5.74, 6) is 0. The van der Waals surface area contributed by atoms with Crippen LogP contribution in [-0.2, 0) is 6.42 Å². The fraction of sp³-hybridized carbons (Fsp3) is 0.412. The highest BCUT2D eigenvalue weighted by molar-refractivity contribution is 7.13. The number of hydrogen-bond donors (Lipinski definition) is 2. The normalized spacial score (nSPS) is 20.4. The van der Waals surface area contributed by atoms with Crippen LogP contribution in [0, 0.1) is 0 Å². The number of β-amino-alcohol motifs (C(OH)–C–C–N with tert-alkyl or cyclic N) is 1. The van der Waals surface area contributed by atoms with Crippen molar-refractivity contribution in [3.63, 3.8) is 0 Å². The molecular weight excluding hydrogens is 346 g/mol. The van der Waals surface area contributed by atoms with E-state index in [1.165, 1.54) is 0 Å². The third-order valence-electron chi connectivity index (χ3n) is 4.04. The monoisotopic (exact) mass is 365 g/mol. The lowest BCUT2D eigenvalue weighted by molar-refractivity contribution is 0.0719. The van der Waals surface area contributed by atoms with Gasteiger partial charge < -0.3 is 15.3 Å². The zero-order valence-corrected chi connectivity index (χ0v) is 15.0. The highest BCUT2D eigenvalue weighted by Crippen LogP contribution is 2.25. The SMILES string of the molecule is CC1(O)CCN(C(=O)NCCc2csc(-c3ccc(Cl)cc3)n2)C1. The summed E-state index contributed by atoms with van der Waals surface area (Å²) in [7, 11) is 0. The van der Waals surface area contributed by atoms with Gasteiger partial charge in [-0.3, -0.25) is 0 Å². The van der Waals surface area contributed by atoms with Gasteiger partial charge in [0.25, 0.3) is 0 Å². The lowest BCUT2D eigenvalue weighted by atomic mass is 10.1. The van der Waals surface area contributed by atoms with Crippen LogP contribution in [0.25, 0.3) is 10.6 Å². The Kier molecular flexibility index (Phi) is 5.08. The highest BCUT2D eigenvalue weighted by Gasteiger charge is 2.33. The van der Waals surface area contributed by atoms with Gasteiger partial charge in [0, 0.05) is 35.5 Å². The predicted molar refractivity (Wildman–Crippen MR) is 96.5 cm³/mol. The van der Waals surface area contributed by atoms with Gasteiger partial charge in [-0.1, -0.05) is 23.7 Å². The Bertz CT molecular complexity index is 715. The van der Waals surface area contributed by atoms with E-state index in [4.69, 9.17) is 11.6 Å². The Morgan fingerprint density at radius 3 is 2.88 bits per heavy atom. The van der Waals surface area contributed by atoms with E-state index in [9.17, 15) is 9.90 Å². The summed E-state index contributed by atoms with van der Waals surface area (Å²) < 4.78 is 0. The van der Waals surface area contributed by atoms with Crippen molar-refractivity contribution in [2.24, 2.45) is 0 Å². The molecule has 0 saturated carbocycles. The quantitative estimate of drug-likeness (QED) is 0.874. The van der Waals surface area contributed by atoms with Gasteiger partial charge in [0.1, 0.15) is 5.01 Å². The lowest BCUT2D eigenvalue weighted by Gasteiger charge is -2.19. The molecular formula is C17H20ClN3O2S. The number of aliphatic hydroxyl groups is 1. The van der Waals surface area contributed by atoms with E-state index < -0.39 is 5.60 Å². The summed E-state index contributed by atoms with van der Waals surface area (Å²) in [6.45, 7) is 3.27. The summed E-state index contributed by atoms with van der Waals surface area (Å²) in [5, 5.41) is 16.5. The van der Waals surface area contributed by atoms with Gasteiger partial charge in [0.15, 0.2) is 0 Å². The molecule has 24 heavy (non-hydrogen) atoms. The maximum Gasteiger partial charge on any atom is 0.317 e. The van der Waals surface area contributed by atoms with Gasteiger partial charge in [-0.25, -0.2) is 9.78 Å². The molecule has 1 fully saturated rings. The van der Waals surface area contributed by atoms with Gasteiger partial charge in [-0.05, 0) is 25.5 Å². The number of nitrogens with zero attached hydrogens (tertiary/aromatic N) is 2. The van der Waals surface area contributed by atoms with Crippen LogP contribution in [0.4, 0.5) is 4.79 Å². The third-order valence-corrected chi connectivity index (χ3v) is 5.23. The average molecular weight is 366 g/mol. The first-order valence-corrected chi connectivity index (χ1v) is 9.14. The summed E-state index contributed by atoms with van der Waals surface area (Å²) in [4.78, 5) is 18.3. The molecule has 1 unspecified atom stereocenters. The smallest absolute Gasteiger partial charge is 0.317 e. The van der Waals surface area contributed by atoms with E-state index in [1.54, 1.807) is 23.2 Å². The first kappa shape index (κ1) is 17.2. The molecule has 0 radical (unpaired) electrons. The van der Waals surface area contributed by atoms with Crippen molar-refractivity contribution in [3.05, 3.63) is 40.4 Å². The summed E-state index contributed by atoms with van der Waals surface area (Å²) in [6.07, 6.45) is 1.30. The number of rotatable bonds is 4. The minimum atomic E-state index is -0.764. The Labute approximate surface area is 150 Å². The maximum absolute atomic E-state index is 12.1. The molecule has 1 aliphatic heterocycles. The molecule has 0 aliphatic carbocycles. The van der Waals surface area contributed by atoms with Crippen molar-refractivity contribution in [2.75, 3.05) is 19.6 Å². The van der Waals surface area contributed by atoms with Crippen LogP contribution in [0.5, 0.6) is 0 Å². The van der Waals surface area contributed by atoms with E-state index in [1.807, 2.05) is 29.6 Å². The molecule has 1 atom stereocenters. The van der Waals surface area contributed by atoms with Crippen LogP contribution in [-0.4, -0.2) is 46.3 Å². The number of aromatic nitrogens is 1. The van der Waals surface area contributed by atoms with Crippen LogP contribution in [0.2, 0.25) is 5.02 Å². The molecule has 1 aromatic carbocycles. The number of nitrogens with one attached hydrogen (secondary N) is 1. The van der Waals surface area contributed by atoms with Gasteiger partial charge in [-0.2, -0.15) is 0 Å². The molecule has 0 bridgehead atoms. The average Bonchev–Trinajstić information content (AvgIpc) is 3.14. The zero-order valence-electron chi connectivity index (χ0n) is 13.5. The first-order valence-electron chi connectivity index (χ1n) is 7.88. The standard InChI is InChI=1S/C17H20ClN3O2S/c1-17(23)7-9-21(11-17)16(22)19-8-6-14-10-24-15(20-14)12-2-4-13(18)5-3-12/h2-5,10,23H,6-9,11H2,1H3,(H,19,22). The molecule has 1 aliphatic rings. The number of hydrogen-bond acceptors (Lipinski definition) is 4.